The Balaban J connectivity index is 1.97. The van der Waals surface area contributed by atoms with Crippen molar-refractivity contribution in [2.24, 2.45) is 0 Å². The second-order valence-corrected chi connectivity index (χ2v) is 6.79. The summed E-state index contributed by atoms with van der Waals surface area (Å²) in [5.74, 6) is 1.63. The quantitative estimate of drug-likeness (QED) is 0.802. The van der Waals surface area contributed by atoms with Gasteiger partial charge in [0.2, 0.25) is 0 Å². The number of aromatic amines is 1. The Kier molecular flexibility index (Phi) is 3.79. The zero-order valence-corrected chi connectivity index (χ0v) is 14.3. The molecule has 0 bridgehead atoms. The molecule has 0 aromatic carbocycles. The summed E-state index contributed by atoms with van der Waals surface area (Å²) in [4.78, 5) is 11.8. The summed E-state index contributed by atoms with van der Waals surface area (Å²) in [6.45, 7) is 11.1. The van der Waals surface area contributed by atoms with Crippen molar-refractivity contribution in [3.8, 4) is 11.5 Å². The largest absolute Gasteiger partial charge is 0.348 e. The lowest BCUT2D eigenvalue weighted by Gasteiger charge is -2.22. The fourth-order valence-corrected chi connectivity index (χ4v) is 2.62. The molecule has 0 radical (unpaired) electrons. The van der Waals surface area contributed by atoms with E-state index < -0.39 is 0 Å². The maximum absolute atomic E-state index is 4.64. The van der Waals surface area contributed by atoms with Crippen LogP contribution >= 0.6 is 0 Å². The van der Waals surface area contributed by atoms with Gasteiger partial charge in [0.15, 0.2) is 5.82 Å². The summed E-state index contributed by atoms with van der Waals surface area (Å²) in [6.07, 6.45) is 4.37. The predicted molar refractivity (Wildman–Crippen MR) is 88.0 cm³/mol. The van der Waals surface area contributed by atoms with Crippen LogP contribution in [0.3, 0.4) is 0 Å². The van der Waals surface area contributed by atoms with Crippen molar-refractivity contribution in [3.63, 3.8) is 0 Å². The van der Waals surface area contributed by atoms with Crippen LogP contribution in [-0.4, -0.2) is 34.5 Å². The topological polar surface area (TPSA) is 77.2 Å². The third-order valence-corrected chi connectivity index (χ3v) is 3.62. The van der Waals surface area contributed by atoms with Crippen LogP contribution in [0.15, 0.2) is 18.6 Å². The Morgan fingerprint density at radius 1 is 1.17 bits per heavy atom. The lowest BCUT2D eigenvalue weighted by molar-refractivity contribution is 0.357. The molecule has 0 unspecified atom stereocenters. The molecule has 7 heteroatoms. The van der Waals surface area contributed by atoms with Crippen LogP contribution in [0.5, 0.6) is 0 Å². The van der Waals surface area contributed by atoms with Gasteiger partial charge in [-0.2, -0.15) is 10.2 Å². The predicted octanol–water partition coefficient (Wildman–Crippen LogP) is 2.48. The molecule has 0 aliphatic heterocycles. The highest BCUT2D eigenvalue weighted by molar-refractivity contribution is 5.51. The molecule has 0 spiro atoms. The average Bonchev–Trinajstić information content (AvgIpc) is 3.14. The molecule has 3 aromatic rings. The number of aryl methyl sites for hydroxylation is 4. The Labute approximate surface area is 135 Å². The summed E-state index contributed by atoms with van der Waals surface area (Å²) in [5.41, 5.74) is 2.96. The van der Waals surface area contributed by atoms with E-state index in [0.29, 0.717) is 0 Å². The average molecular weight is 313 g/mol. The van der Waals surface area contributed by atoms with Crippen molar-refractivity contribution < 1.29 is 0 Å². The first kappa shape index (κ1) is 15.5. The molecule has 3 aromatic heterocycles. The van der Waals surface area contributed by atoms with Gasteiger partial charge in [0.1, 0.15) is 11.5 Å². The van der Waals surface area contributed by atoms with Gasteiger partial charge >= 0.3 is 0 Å². The van der Waals surface area contributed by atoms with Gasteiger partial charge < -0.3 is 4.98 Å². The van der Waals surface area contributed by atoms with Crippen molar-refractivity contribution in [1.29, 1.82) is 0 Å². The van der Waals surface area contributed by atoms with Crippen LogP contribution in [0.2, 0.25) is 0 Å². The minimum Gasteiger partial charge on any atom is -0.348 e. The van der Waals surface area contributed by atoms with Gasteiger partial charge in [-0.25, -0.2) is 14.6 Å². The van der Waals surface area contributed by atoms with E-state index in [1.165, 1.54) is 0 Å². The van der Waals surface area contributed by atoms with E-state index >= 15 is 0 Å². The first-order valence-corrected chi connectivity index (χ1v) is 7.81. The van der Waals surface area contributed by atoms with Crippen LogP contribution in [0, 0.1) is 13.8 Å². The summed E-state index contributed by atoms with van der Waals surface area (Å²) in [7, 11) is 0. The molecule has 0 aliphatic carbocycles. The van der Waals surface area contributed by atoms with Gasteiger partial charge in [-0.3, -0.25) is 4.68 Å². The van der Waals surface area contributed by atoms with Gasteiger partial charge in [-0.1, -0.05) is 0 Å². The first-order chi connectivity index (χ1) is 10.8. The van der Waals surface area contributed by atoms with E-state index in [-0.39, 0.29) is 5.54 Å². The van der Waals surface area contributed by atoms with Crippen molar-refractivity contribution in [1.82, 2.24) is 34.5 Å². The number of imidazole rings is 1. The molecule has 0 fully saturated rings. The fraction of sp³-hybridized carbons (Fsp3) is 0.500. The Bertz CT molecular complexity index is 787. The number of nitrogens with zero attached hydrogens (tertiary/aromatic N) is 6. The Hall–Kier alpha value is -2.44. The summed E-state index contributed by atoms with van der Waals surface area (Å²) < 4.78 is 3.98. The normalized spacial score (nSPS) is 12.0. The second-order valence-electron chi connectivity index (χ2n) is 6.79. The summed E-state index contributed by atoms with van der Waals surface area (Å²) in [5, 5.41) is 9.19. The van der Waals surface area contributed by atoms with Crippen LogP contribution in [0.4, 0.5) is 0 Å². The smallest absolute Gasteiger partial charge is 0.176 e. The molecule has 23 heavy (non-hydrogen) atoms. The molecule has 3 rings (SSSR count). The maximum atomic E-state index is 4.64. The second kappa shape index (κ2) is 5.64. The van der Waals surface area contributed by atoms with Crippen LogP contribution < -0.4 is 0 Å². The van der Waals surface area contributed by atoms with Gasteiger partial charge in [0.25, 0.3) is 0 Å². The van der Waals surface area contributed by atoms with Crippen LogP contribution in [0.1, 0.15) is 38.0 Å². The highest BCUT2D eigenvalue weighted by atomic mass is 15.4. The number of hydrogen-bond acceptors (Lipinski definition) is 4. The standard InChI is InChI=1S/C16H23N7/c1-11-8-14(23(20-11)16(3,4)5)15-19-12(2)21-22(15)7-6-13-9-17-10-18-13/h8-10H,6-7H2,1-5H3,(H,17,18). The van der Waals surface area contributed by atoms with Crippen molar-refractivity contribution in [3.05, 3.63) is 35.8 Å². The van der Waals surface area contributed by atoms with E-state index in [4.69, 9.17) is 0 Å². The van der Waals surface area contributed by atoms with E-state index in [1.54, 1.807) is 6.33 Å². The lowest BCUT2D eigenvalue weighted by Crippen LogP contribution is -2.25. The van der Waals surface area contributed by atoms with E-state index in [0.717, 1.165) is 41.7 Å². The molecule has 0 amide bonds. The number of hydrogen-bond donors (Lipinski definition) is 1. The van der Waals surface area contributed by atoms with Gasteiger partial charge in [0, 0.05) is 24.9 Å². The van der Waals surface area contributed by atoms with Crippen LogP contribution in [-0.2, 0) is 18.5 Å². The summed E-state index contributed by atoms with van der Waals surface area (Å²) in [6, 6.07) is 2.07. The first-order valence-electron chi connectivity index (χ1n) is 7.81. The molecule has 0 aliphatic rings. The van der Waals surface area contributed by atoms with Gasteiger partial charge in [-0.15, -0.1) is 0 Å². The molecular weight excluding hydrogens is 290 g/mol. The van der Waals surface area contributed by atoms with Crippen molar-refractivity contribution in [2.75, 3.05) is 0 Å². The minimum absolute atomic E-state index is 0.113. The zero-order valence-electron chi connectivity index (χ0n) is 14.3. The van der Waals surface area contributed by atoms with Gasteiger partial charge in [-0.05, 0) is 40.7 Å². The Morgan fingerprint density at radius 3 is 2.61 bits per heavy atom. The third-order valence-electron chi connectivity index (χ3n) is 3.62. The molecular formula is C16H23N7. The number of aromatic nitrogens is 7. The highest BCUT2D eigenvalue weighted by Gasteiger charge is 2.23. The molecule has 0 saturated carbocycles. The molecule has 0 atom stereocenters. The zero-order chi connectivity index (χ0) is 16.6. The SMILES string of the molecule is Cc1cc(-c2nc(C)nn2CCc2cnc[nH]2)n(C(C)(C)C)n1. The molecule has 3 heterocycles. The maximum Gasteiger partial charge on any atom is 0.176 e. The monoisotopic (exact) mass is 313 g/mol. The van der Waals surface area contributed by atoms with E-state index in [2.05, 4.69) is 52.0 Å². The molecule has 122 valence electrons. The number of rotatable bonds is 4. The third kappa shape index (κ3) is 3.18. The minimum atomic E-state index is -0.113. The van der Waals surface area contributed by atoms with Crippen LogP contribution in [0.25, 0.3) is 11.5 Å². The fourth-order valence-electron chi connectivity index (χ4n) is 2.62. The van der Waals surface area contributed by atoms with Crippen molar-refractivity contribution >= 4 is 0 Å². The van der Waals surface area contributed by atoms with E-state index in [9.17, 15) is 0 Å². The van der Waals surface area contributed by atoms with Crippen molar-refractivity contribution in [2.45, 2.75) is 53.1 Å². The number of nitrogens with one attached hydrogen (secondary N) is 1. The molecule has 7 nitrogen and oxygen atoms in total. The van der Waals surface area contributed by atoms with E-state index in [1.807, 2.05) is 29.4 Å². The molecule has 1 N–H and O–H groups in total. The highest BCUT2D eigenvalue weighted by Crippen LogP contribution is 2.25. The Morgan fingerprint density at radius 2 is 1.96 bits per heavy atom. The van der Waals surface area contributed by atoms with Gasteiger partial charge in [0.05, 0.1) is 17.6 Å². The lowest BCUT2D eigenvalue weighted by atomic mass is 10.1. The number of H-pyrrole nitrogens is 1. The molecule has 0 saturated heterocycles. The summed E-state index contributed by atoms with van der Waals surface area (Å²) >= 11 is 0.